The summed E-state index contributed by atoms with van der Waals surface area (Å²) in [5.74, 6) is 0.307. The van der Waals surface area contributed by atoms with Crippen LogP contribution in [0.3, 0.4) is 0 Å². The molecule has 1 N–H and O–H groups in total. The topological polar surface area (TPSA) is 32.3 Å². The van der Waals surface area contributed by atoms with E-state index in [1.54, 1.807) is 0 Å². The lowest BCUT2D eigenvalue weighted by Crippen LogP contribution is -2.37. The summed E-state index contributed by atoms with van der Waals surface area (Å²) in [4.78, 5) is 13.8. The summed E-state index contributed by atoms with van der Waals surface area (Å²) < 4.78 is 0. The van der Waals surface area contributed by atoms with Crippen LogP contribution in [0.4, 0.5) is 0 Å². The maximum Gasteiger partial charge on any atom is 0.222 e. The molecule has 1 amide bonds. The second kappa shape index (κ2) is 6.11. The number of carbonyl (C=O) groups is 1. The van der Waals surface area contributed by atoms with Gasteiger partial charge in [0.05, 0.1) is 0 Å². The van der Waals surface area contributed by atoms with Crippen molar-refractivity contribution in [3.63, 3.8) is 0 Å². The van der Waals surface area contributed by atoms with E-state index in [4.69, 9.17) is 0 Å². The minimum Gasteiger partial charge on any atom is -0.341 e. The molecule has 0 radical (unpaired) electrons. The highest BCUT2D eigenvalue weighted by Gasteiger charge is 2.18. The fraction of sp³-hybridized carbons (Fsp3) is 0.917. The summed E-state index contributed by atoms with van der Waals surface area (Å²) in [7, 11) is 0. The molecule has 3 nitrogen and oxygen atoms in total. The molecule has 0 saturated carbocycles. The number of amides is 1. The molecule has 1 saturated heterocycles. The highest BCUT2D eigenvalue weighted by Crippen LogP contribution is 2.12. The molecule has 1 rings (SSSR count). The van der Waals surface area contributed by atoms with Gasteiger partial charge in [0.15, 0.2) is 0 Å². The SMILES string of the molecule is CCN(C(=O)CCC1CCCN1)C(C)C. The number of nitrogens with zero attached hydrogens (tertiary/aromatic N) is 1. The van der Waals surface area contributed by atoms with Crippen molar-refractivity contribution in [1.82, 2.24) is 10.2 Å². The Labute approximate surface area is 93.2 Å². The number of rotatable bonds is 5. The van der Waals surface area contributed by atoms with Gasteiger partial charge in [-0.15, -0.1) is 0 Å². The third-order valence-electron chi connectivity index (χ3n) is 3.15. The van der Waals surface area contributed by atoms with Crippen molar-refractivity contribution in [2.24, 2.45) is 0 Å². The van der Waals surface area contributed by atoms with E-state index in [0.29, 0.717) is 24.4 Å². The predicted molar refractivity (Wildman–Crippen MR) is 62.8 cm³/mol. The molecule has 15 heavy (non-hydrogen) atoms. The van der Waals surface area contributed by atoms with Crippen molar-refractivity contribution in [2.45, 2.75) is 58.5 Å². The van der Waals surface area contributed by atoms with Crippen LogP contribution in [0, 0.1) is 0 Å². The largest absolute Gasteiger partial charge is 0.341 e. The van der Waals surface area contributed by atoms with Crippen LogP contribution in [0.2, 0.25) is 0 Å². The van der Waals surface area contributed by atoms with Gasteiger partial charge in [-0.25, -0.2) is 0 Å². The van der Waals surface area contributed by atoms with Crippen LogP contribution >= 0.6 is 0 Å². The van der Waals surface area contributed by atoms with Gasteiger partial charge in [0.2, 0.25) is 5.91 Å². The van der Waals surface area contributed by atoms with Crippen LogP contribution in [-0.2, 0) is 4.79 Å². The highest BCUT2D eigenvalue weighted by atomic mass is 16.2. The van der Waals surface area contributed by atoms with Gasteiger partial charge in [-0.1, -0.05) is 0 Å². The van der Waals surface area contributed by atoms with E-state index in [-0.39, 0.29) is 0 Å². The zero-order valence-electron chi connectivity index (χ0n) is 10.3. The lowest BCUT2D eigenvalue weighted by molar-refractivity contribution is -0.132. The van der Waals surface area contributed by atoms with Crippen molar-refractivity contribution < 1.29 is 4.79 Å². The molecular formula is C12H24N2O. The van der Waals surface area contributed by atoms with Gasteiger partial charge in [-0.3, -0.25) is 4.79 Å². The Morgan fingerprint density at radius 3 is 2.73 bits per heavy atom. The van der Waals surface area contributed by atoms with Gasteiger partial charge in [-0.2, -0.15) is 0 Å². The van der Waals surface area contributed by atoms with Crippen LogP contribution < -0.4 is 5.32 Å². The van der Waals surface area contributed by atoms with E-state index >= 15 is 0 Å². The second-order valence-electron chi connectivity index (χ2n) is 4.61. The van der Waals surface area contributed by atoms with Crippen LogP contribution in [0.5, 0.6) is 0 Å². The third kappa shape index (κ3) is 3.82. The molecule has 1 aliphatic rings. The fourth-order valence-corrected chi connectivity index (χ4v) is 2.27. The summed E-state index contributed by atoms with van der Waals surface area (Å²) >= 11 is 0. The first kappa shape index (κ1) is 12.5. The normalized spacial score (nSPS) is 20.9. The Kier molecular flexibility index (Phi) is 5.09. The summed E-state index contributed by atoms with van der Waals surface area (Å²) in [5.41, 5.74) is 0. The van der Waals surface area contributed by atoms with E-state index in [0.717, 1.165) is 19.5 Å². The molecule has 0 aromatic carbocycles. The molecule has 3 heteroatoms. The lowest BCUT2D eigenvalue weighted by atomic mass is 10.1. The molecule has 1 unspecified atom stereocenters. The predicted octanol–water partition coefficient (Wildman–Crippen LogP) is 1.78. The summed E-state index contributed by atoms with van der Waals surface area (Å²) in [5, 5.41) is 3.43. The maximum absolute atomic E-state index is 11.9. The molecule has 0 spiro atoms. The van der Waals surface area contributed by atoms with Crippen LogP contribution in [0.1, 0.15) is 46.5 Å². The summed E-state index contributed by atoms with van der Waals surface area (Å²) in [6, 6.07) is 0.916. The van der Waals surface area contributed by atoms with E-state index in [9.17, 15) is 4.79 Å². The first-order valence-electron chi connectivity index (χ1n) is 6.18. The quantitative estimate of drug-likeness (QED) is 0.753. The van der Waals surface area contributed by atoms with Gasteiger partial charge in [0, 0.05) is 25.0 Å². The standard InChI is InChI=1S/C12H24N2O/c1-4-14(10(2)3)12(15)8-7-11-6-5-9-13-11/h10-11,13H,4-9H2,1-3H3. The van der Waals surface area contributed by atoms with E-state index in [1.807, 2.05) is 11.8 Å². The van der Waals surface area contributed by atoms with E-state index < -0.39 is 0 Å². The summed E-state index contributed by atoms with van der Waals surface area (Å²) in [6.45, 7) is 8.16. The van der Waals surface area contributed by atoms with Crippen molar-refractivity contribution in [1.29, 1.82) is 0 Å². The van der Waals surface area contributed by atoms with Crippen LogP contribution in [0.15, 0.2) is 0 Å². The average molecular weight is 212 g/mol. The molecule has 0 aromatic heterocycles. The van der Waals surface area contributed by atoms with E-state index in [1.165, 1.54) is 12.8 Å². The molecule has 1 fully saturated rings. The van der Waals surface area contributed by atoms with Crippen molar-refractivity contribution in [2.75, 3.05) is 13.1 Å². The minimum absolute atomic E-state index is 0.307. The zero-order valence-corrected chi connectivity index (χ0v) is 10.3. The lowest BCUT2D eigenvalue weighted by Gasteiger charge is -2.25. The minimum atomic E-state index is 0.307. The van der Waals surface area contributed by atoms with Gasteiger partial charge in [0.1, 0.15) is 0 Å². The average Bonchev–Trinajstić information content (AvgIpc) is 2.67. The van der Waals surface area contributed by atoms with Crippen LogP contribution in [0.25, 0.3) is 0 Å². The molecule has 1 atom stereocenters. The maximum atomic E-state index is 11.9. The van der Waals surface area contributed by atoms with Crippen molar-refractivity contribution >= 4 is 5.91 Å². The molecule has 1 aliphatic heterocycles. The van der Waals surface area contributed by atoms with Gasteiger partial charge in [-0.05, 0) is 46.6 Å². The van der Waals surface area contributed by atoms with Crippen LogP contribution in [-0.4, -0.2) is 36.0 Å². The number of hydrogen-bond donors (Lipinski definition) is 1. The Morgan fingerprint density at radius 2 is 2.27 bits per heavy atom. The first-order valence-corrected chi connectivity index (χ1v) is 6.18. The molecule has 0 aliphatic carbocycles. The molecule has 1 heterocycles. The Balaban J connectivity index is 2.27. The monoisotopic (exact) mass is 212 g/mol. The smallest absolute Gasteiger partial charge is 0.222 e. The molecule has 0 bridgehead atoms. The third-order valence-corrected chi connectivity index (χ3v) is 3.15. The molecular weight excluding hydrogens is 188 g/mol. The number of carbonyl (C=O) groups excluding carboxylic acids is 1. The van der Waals surface area contributed by atoms with Crippen molar-refractivity contribution in [3.8, 4) is 0 Å². The summed E-state index contributed by atoms with van der Waals surface area (Å²) in [6.07, 6.45) is 4.20. The van der Waals surface area contributed by atoms with Crippen molar-refractivity contribution in [3.05, 3.63) is 0 Å². The highest BCUT2D eigenvalue weighted by molar-refractivity contribution is 5.76. The molecule has 0 aromatic rings. The van der Waals surface area contributed by atoms with Gasteiger partial charge in [0.25, 0.3) is 0 Å². The molecule has 88 valence electrons. The Morgan fingerprint density at radius 1 is 1.53 bits per heavy atom. The van der Waals surface area contributed by atoms with Gasteiger partial charge < -0.3 is 10.2 Å². The zero-order chi connectivity index (χ0) is 11.3. The Bertz CT molecular complexity index is 198. The fourth-order valence-electron chi connectivity index (χ4n) is 2.27. The first-order chi connectivity index (χ1) is 7.15. The van der Waals surface area contributed by atoms with Gasteiger partial charge >= 0.3 is 0 Å². The second-order valence-corrected chi connectivity index (χ2v) is 4.61. The number of nitrogens with one attached hydrogen (secondary N) is 1. The number of hydrogen-bond acceptors (Lipinski definition) is 2. The van der Waals surface area contributed by atoms with E-state index in [2.05, 4.69) is 19.2 Å². The Hall–Kier alpha value is -0.570.